The van der Waals surface area contributed by atoms with Gasteiger partial charge in [-0.05, 0) is 27.0 Å². The molecule has 1 aromatic heterocycles. The van der Waals surface area contributed by atoms with Gasteiger partial charge < -0.3 is 14.8 Å². The number of aromatic nitrogens is 1. The number of ether oxygens (including phenoxy) is 2. The van der Waals surface area contributed by atoms with E-state index in [9.17, 15) is 4.39 Å². The minimum Gasteiger partial charge on any atom is -0.475 e. The Morgan fingerprint density at radius 3 is 2.82 bits per heavy atom. The predicted molar refractivity (Wildman–Crippen MR) is 63.5 cm³/mol. The number of halogens is 1. The number of pyridine rings is 1. The molecule has 0 spiro atoms. The molecular formula is C12H19FN2O2. The number of nitrogens with one attached hydrogen (secondary N) is 1. The Morgan fingerprint density at radius 1 is 1.41 bits per heavy atom. The first kappa shape index (κ1) is 13.9. The molecular weight excluding hydrogens is 223 g/mol. The number of hydrogen-bond donors (Lipinski definition) is 1. The summed E-state index contributed by atoms with van der Waals surface area (Å²) >= 11 is 0. The molecule has 0 radical (unpaired) electrons. The Kier molecular flexibility index (Phi) is 5.86. The zero-order valence-corrected chi connectivity index (χ0v) is 10.5. The van der Waals surface area contributed by atoms with Crippen LogP contribution >= 0.6 is 0 Å². The van der Waals surface area contributed by atoms with Gasteiger partial charge in [0.2, 0.25) is 5.88 Å². The van der Waals surface area contributed by atoms with Crippen molar-refractivity contribution in [3.63, 3.8) is 0 Å². The van der Waals surface area contributed by atoms with E-state index < -0.39 is 0 Å². The third kappa shape index (κ3) is 5.10. The molecule has 1 aromatic rings. The first-order valence-electron chi connectivity index (χ1n) is 5.67. The zero-order chi connectivity index (χ0) is 12.7. The normalized spacial score (nSPS) is 10.9. The molecule has 0 saturated heterocycles. The fourth-order valence-corrected chi connectivity index (χ4v) is 1.34. The summed E-state index contributed by atoms with van der Waals surface area (Å²) in [6, 6.07) is 1.42. The van der Waals surface area contributed by atoms with Crippen LogP contribution in [-0.4, -0.2) is 31.3 Å². The Morgan fingerprint density at radius 2 is 2.18 bits per heavy atom. The van der Waals surface area contributed by atoms with Gasteiger partial charge in [0.1, 0.15) is 12.4 Å². The topological polar surface area (TPSA) is 43.4 Å². The van der Waals surface area contributed by atoms with Gasteiger partial charge in [0.25, 0.3) is 0 Å². The standard InChI is InChI=1S/C12H19FN2O2/c1-9(2)16-4-5-17-12-10(7-14-3)6-11(13)8-15-12/h6,8-9,14H,4-5,7H2,1-3H3. The van der Waals surface area contributed by atoms with E-state index in [2.05, 4.69) is 10.3 Å². The third-order valence-electron chi connectivity index (χ3n) is 2.03. The molecule has 0 fully saturated rings. The molecule has 0 aliphatic heterocycles. The SMILES string of the molecule is CNCc1cc(F)cnc1OCCOC(C)C. The summed E-state index contributed by atoms with van der Waals surface area (Å²) in [4.78, 5) is 3.92. The van der Waals surface area contributed by atoms with Gasteiger partial charge in [0, 0.05) is 12.1 Å². The van der Waals surface area contributed by atoms with Crippen LogP contribution in [0.4, 0.5) is 4.39 Å². The monoisotopic (exact) mass is 242 g/mol. The Bertz CT molecular complexity index is 345. The van der Waals surface area contributed by atoms with Crippen LogP contribution in [0.1, 0.15) is 19.4 Å². The lowest BCUT2D eigenvalue weighted by Gasteiger charge is -2.11. The Balaban J connectivity index is 2.51. The average molecular weight is 242 g/mol. The quantitative estimate of drug-likeness (QED) is 0.740. The lowest BCUT2D eigenvalue weighted by Crippen LogP contribution is -2.14. The van der Waals surface area contributed by atoms with Crippen LogP contribution < -0.4 is 10.1 Å². The highest BCUT2D eigenvalue weighted by molar-refractivity contribution is 5.25. The highest BCUT2D eigenvalue weighted by Crippen LogP contribution is 2.15. The van der Waals surface area contributed by atoms with Crippen LogP contribution in [0.15, 0.2) is 12.3 Å². The highest BCUT2D eigenvalue weighted by Gasteiger charge is 2.06. The van der Waals surface area contributed by atoms with Gasteiger partial charge in [0.15, 0.2) is 0 Å². The minimum atomic E-state index is -0.360. The summed E-state index contributed by atoms with van der Waals surface area (Å²) in [5.74, 6) is 0.0918. The van der Waals surface area contributed by atoms with Gasteiger partial charge in [-0.2, -0.15) is 0 Å². The van der Waals surface area contributed by atoms with Gasteiger partial charge >= 0.3 is 0 Å². The van der Waals surface area contributed by atoms with Gasteiger partial charge in [-0.1, -0.05) is 0 Å². The number of rotatable bonds is 7. The van der Waals surface area contributed by atoms with Crippen molar-refractivity contribution in [3.05, 3.63) is 23.6 Å². The molecule has 0 aliphatic rings. The maximum absolute atomic E-state index is 13.0. The maximum atomic E-state index is 13.0. The van der Waals surface area contributed by atoms with Crippen molar-refractivity contribution in [1.82, 2.24) is 10.3 Å². The first-order chi connectivity index (χ1) is 8.13. The second kappa shape index (κ2) is 7.19. The minimum absolute atomic E-state index is 0.177. The van der Waals surface area contributed by atoms with E-state index in [0.29, 0.717) is 31.2 Å². The second-order valence-corrected chi connectivity index (χ2v) is 3.92. The molecule has 0 atom stereocenters. The summed E-state index contributed by atoms with van der Waals surface area (Å²) in [7, 11) is 1.79. The maximum Gasteiger partial charge on any atom is 0.218 e. The van der Waals surface area contributed by atoms with Crippen LogP contribution in [0.25, 0.3) is 0 Å². The van der Waals surface area contributed by atoms with Crippen molar-refractivity contribution in [2.45, 2.75) is 26.5 Å². The fraction of sp³-hybridized carbons (Fsp3) is 0.583. The molecule has 17 heavy (non-hydrogen) atoms. The molecule has 4 nitrogen and oxygen atoms in total. The Labute approximate surface area is 101 Å². The summed E-state index contributed by atoms with van der Waals surface area (Å²) in [5.41, 5.74) is 0.706. The lowest BCUT2D eigenvalue weighted by molar-refractivity contribution is 0.0540. The van der Waals surface area contributed by atoms with Gasteiger partial charge in [-0.3, -0.25) is 0 Å². The van der Waals surface area contributed by atoms with E-state index in [4.69, 9.17) is 9.47 Å². The molecule has 0 saturated carbocycles. The van der Waals surface area contributed by atoms with Crippen LogP contribution in [0, 0.1) is 5.82 Å². The predicted octanol–water partition coefficient (Wildman–Crippen LogP) is 1.74. The van der Waals surface area contributed by atoms with Crippen LogP contribution in [0.5, 0.6) is 5.88 Å². The van der Waals surface area contributed by atoms with Gasteiger partial charge in [-0.15, -0.1) is 0 Å². The molecule has 96 valence electrons. The third-order valence-corrected chi connectivity index (χ3v) is 2.03. The van der Waals surface area contributed by atoms with Crippen molar-refractivity contribution >= 4 is 0 Å². The molecule has 0 unspecified atom stereocenters. The van der Waals surface area contributed by atoms with Crippen molar-refractivity contribution in [3.8, 4) is 5.88 Å². The molecule has 5 heteroatoms. The van der Waals surface area contributed by atoms with Crippen LogP contribution in [0.3, 0.4) is 0 Å². The van der Waals surface area contributed by atoms with E-state index in [1.807, 2.05) is 13.8 Å². The van der Waals surface area contributed by atoms with E-state index in [1.54, 1.807) is 7.05 Å². The van der Waals surface area contributed by atoms with Crippen LogP contribution in [0.2, 0.25) is 0 Å². The average Bonchev–Trinajstić information content (AvgIpc) is 2.27. The molecule has 1 N–H and O–H groups in total. The summed E-state index contributed by atoms with van der Waals surface area (Å²) < 4.78 is 23.8. The van der Waals surface area contributed by atoms with Crippen molar-refractivity contribution in [2.75, 3.05) is 20.3 Å². The largest absolute Gasteiger partial charge is 0.475 e. The summed E-state index contributed by atoms with van der Waals surface area (Å²) in [6.07, 6.45) is 1.33. The van der Waals surface area contributed by atoms with Crippen molar-refractivity contribution in [2.24, 2.45) is 0 Å². The van der Waals surface area contributed by atoms with Gasteiger partial charge in [0.05, 0.1) is 18.9 Å². The van der Waals surface area contributed by atoms with Gasteiger partial charge in [-0.25, -0.2) is 9.37 Å². The highest BCUT2D eigenvalue weighted by atomic mass is 19.1. The lowest BCUT2D eigenvalue weighted by atomic mass is 10.2. The second-order valence-electron chi connectivity index (χ2n) is 3.92. The molecule has 0 aromatic carbocycles. The number of hydrogen-bond acceptors (Lipinski definition) is 4. The number of nitrogens with zero attached hydrogens (tertiary/aromatic N) is 1. The fourth-order valence-electron chi connectivity index (χ4n) is 1.34. The summed E-state index contributed by atoms with van der Waals surface area (Å²) in [6.45, 7) is 5.35. The molecule has 0 bridgehead atoms. The van der Waals surface area contributed by atoms with Crippen molar-refractivity contribution in [1.29, 1.82) is 0 Å². The first-order valence-corrected chi connectivity index (χ1v) is 5.67. The van der Waals surface area contributed by atoms with E-state index in [-0.39, 0.29) is 11.9 Å². The molecule has 0 amide bonds. The van der Waals surface area contributed by atoms with E-state index >= 15 is 0 Å². The molecule has 1 heterocycles. The van der Waals surface area contributed by atoms with E-state index in [0.717, 1.165) is 6.20 Å². The zero-order valence-electron chi connectivity index (χ0n) is 10.5. The summed E-state index contributed by atoms with van der Waals surface area (Å²) in [5, 5.41) is 2.94. The van der Waals surface area contributed by atoms with Crippen LogP contribution in [-0.2, 0) is 11.3 Å². The van der Waals surface area contributed by atoms with E-state index in [1.165, 1.54) is 6.07 Å². The van der Waals surface area contributed by atoms with Crippen molar-refractivity contribution < 1.29 is 13.9 Å². The smallest absolute Gasteiger partial charge is 0.218 e. The Hall–Kier alpha value is -1.20. The molecule has 0 aliphatic carbocycles. The molecule has 1 rings (SSSR count).